The number of hydrogen-bond donors (Lipinski definition) is 1. The standard InChI is InChI=1S/C9H15N3O/c1-4-9(13)10-6-8-7(2)5-11-12(8)3/h5H,4,6H2,1-3H3,(H,10,13). The van der Waals surface area contributed by atoms with Crippen LogP contribution in [0, 0.1) is 6.92 Å². The predicted molar refractivity (Wildman–Crippen MR) is 50.1 cm³/mol. The van der Waals surface area contributed by atoms with Gasteiger partial charge in [-0.1, -0.05) is 6.92 Å². The molecule has 0 radical (unpaired) electrons. The van der Waals surface area contributed by atoms with Crippen LogP contribution >= 0.6 is 0 Å². The first kappa shape index (κ1) is 9.77. The fraction of sp³-hybridized carbons (Fsp3) is 0.556. The van der Waals surface area contributed by atoms with Gasteiger partial charge in [0.1, 0.15) is 0 Å². The SMILES string of the molecule is CCC(=O)NCc1c(C)cnn1C. The molecule has 0 unspecified atom stereocenters. The summed E-state index contributed by atoms with van der Waals surface area (Å²) >= 11 is 0. The van der Waals surface area contributed by atoms with Gasteiger partial charge in [0.2, 0.25) is 5.91 Å². The summed E-state index contributed by atoms with van der Waals surface area (Å²) in [6, 6.07) is 0. The van der Waals surface area contributed by atoms with E-state index in [9.17, 15) is 4.79 Å². The molecule has 4 nitrogen and oxygen atoms in total. The molecule has 1 N–H and O–H groups in total. The van der Waals surface area contributed by atoms with Crippen LogP contribution in [0.1, 0.15) is 24.6 Å². The van der Waals surface area contributed by atoms with Crippen molar-refractivity contribution in [2.45, 2.75) is 26.8 Å². The Kier molecular flexibility index (Phi) is 3.06. The number of aryl methyl sites for hydroxylation is 2. The minimum absolute atomic E-state index is 0.0700. The number of aromatic nitrogens is 2. The van der Waals surface area contributed by atoms with Gasteiger partial charge in [-0.2, -0.15) is 5.10 Å². The first-order valence-corrected chi connectivity index (χ1v) is 4.39. The Balaban J connectivity index is 2.58. The normalized spacial score (nSPS) is 10.1. The van der Waals surface area contributed by atoms with Crippen LogP contribution in [0.15, 0.2) is 6.20 Å². The second-order valence-corrected chi connectivity index (χ2v) is 3.03. The fourth-order valence-electron chi connectivity index (χ4n) is 1.13. The van der Waals surface area contributed by atoms with Gasteiger partial charge in [0.25, 0.3) is 0 Å². The molecule has 4 heteroatoms. The van der Waals surface area contributed by atoms with Crippen molar-refractivity contribution in [1.29, 1.82) is 0 Å². The molecule has 0 atom stereocenters. The smallest absolute Gasteiger partial charge is 0.220 e. The summed E-state index contributed by atoms with van der Waals surface area (Å²) in [6.07, 6.45) is 2.32. The van der Waals surface area contributed by atoms with Gasteiger partial charge in [0.15, 0.2) is 0 Å². The van der Waals surface area contributed by atoms with E-state index in [2.05, 4.69) is 10.4 Å². The van der Waals surface area contributed by atoms with Gasteiger partial charge in [-0.15, -0.1) is 0 Å². The minimum Gasteiger partial charge on any atom is -0.350 e. The molecular formula is C9H15N3O. The highest BCUT2D eigenvalue weighted by Gasteiger charge is 2.04. The van der Waals surface area contributed by atoms with E-state index in [1.807, 2.05) is 20.9 Å². The number of hydrogen-bond acceptors (Lipinski definition) is 2. The molecular weight excluding hydrogens is 166 g/mol. The Morgan fingerprint density at radius 2 is 2.38 bits per heavy atom. The number of nitrogens with one attached hydrogen (secondary N) is 1. The Hall–Kier alpha value is -1.32. The van der Waals surface area contributed by atoms with Crippen LogP contribution in [0.3, 0.4) is 0 Å². The van der Waals surface area contributed by atoms with Crippen LogP contribution < -0.4 is 5.32 Å². The van der Waals surface area contributed by atoms with Crippen LogP contribution in [-0.2, 0) is 18.4 Å². The van der Waals surface area contributed by atoms with Crippen molar-refractivity contribution in [3.8, 4) is 0 Å². The molecule has 0 saturated heterocycles. The summed E-state index contributed by atoms with van der Waals surface area (Å²) in [7, 11) is 1.88. The van der Waals surface area contributed by atoms with Crippen molar-refractivity contribution < 1.29 is 4.79 Å². The van der Waals surface area contributed by atoms with Gasteiger partial charge in [-0.3, -0.25) is 9.48 Å². The molecule has 0 aromatic carbocycles. The van der Waals surface area contributed by atoms with Crippen LogP contribution in [0.2, 0.25) is 0 Å². The lowest BCUT2D eigenvalue weighted by molar-refractivity contribution is -0.120. The number of amides is 1. The van der Waals surface area contributed by atoms with Gasteiger partial charge in [-0.25, -0.2) is 0 Å². The van der Waals surface area contributed by atoms with E-state index in [4.69, 9.17) is 0 Å². The molecule has 0 aliphatic carbocycles. The van der Waals surface area contributed by atoms with E-state index in [-0.39, 0.29) is 5.91 Å². The maximum atomic E-state index is 11.0. The highest BCUT2D eigenvalue weighted by molar-refractivity contribution is 5.75. The summed E-state index contributed by atoms with van der Waals surface area (Å²) in [5, 5.41) is 6.90. The third-order valence-corrected chi connectivity index (χ3v) is 2.04. The topological polar surface area (TPSA) is 46.9 Å². The fourth-order valence-corrected chi connectivity index (χ4v) is 1.13. The van der Waals surface area contributed by atoms with Crippen molar-refractivity contribution in [3.63, 3.8) is 0 Å². The van der Waals surface area contributed by atoms with Crippen molar-refractivity contribution in [1.82, 2.24) is 15.1 Å². The largest absolute Gasteiger partial charge is 0.350 e. The molecule has 1 aromatic heterocycles. The number of nitrogens with zero attached hydrogens (tertiary/aromatic N) is 2. The summed E-state index contributed by atoms with van der Waals surface area (Å²) < 4.78 is 1.78. The van der Waals surface area contributed by atoms with Gasteiger partial charge in [-0.05, 0) is 12.5 Å². The van der Waals surface area contributed by atoms with Crippen molar-refractivity contribution >= 4 is 5.91 Å². The Bertz CT molecular complexity index is 284. The maximum absolute atomic E-state index is 11.0. The number of carbonyl (C=O) groups is 1. The van der Waals surface area contributed by atoms with E-state index >= 15 is 0 Å². The Morgan fingerprint density at radius 3 is 2.85 bits per heavy atom. The lowest BCUT2D eigenvalue weighted by Crippen LogP contribution is -2.23. The van der Waals surface area contributed by atoms with Crippen LogP contribution in [0.25, 0.3) is 0 Å². The summed E-state index contributed by atoms with van der Waals surface area (Å²) in [5.41, 5.74) is 2.17. The molecule has 1 amide bonds. The highest BCUT2D eigenvalue weighted by atomic mass is 16.1. The molecule has 0 aliphatic heterocycles. The minimum atomic E-state index is 0.0700. The molecule has 72 valence electrons. The third kappa shape index (κ3) is 2.31. The van der Waals surface area contributed by atoms with E-state index in [1.54, 1.807) is 10.9 Å². The van der Waals surface area contributed by atoms with E-state index in [0.29, 0.717) is 13.0 Å². The van der Waals surface area contributed by atoms with Crippen LogP contribution in [0.4, 0.5) is 0 Å². The number of rotatable bonds is 3. The lowest BCUT2D eigenvalue weighted by atomic mass is 10.2. The van der Waals surface area contributed by atoms with Crippen molar-refractivity contribution in [3.05, 3.63) is 17.5 Å². The van der Waals surface area contributed by atoms with Gasteiger partial charge in [0.05, 0.1) is 18.4 Å². The number of carbonyl (C=O) groups excluding carboxylic acids is 1. The maximum Gasteiger partial charge on any atom is 0.220 e. The molecule has 0 saturated carbocycles. The summed E-state index contributed by atoms with van der Waals surface area (Å²) in [6.45, 7) is 4.39. The van der Waals surface area contributed by atoms with Crippen molar-refractivity contribution in [2.24, 2.45) is 7.05 Å². The molecule has 13 heavy (non-hydrogen) atoms. The predicted octanol–water partition coefficient (Wildman–Crippen LogP) is 0.755. The van der Waals surface area contributed by atoms with Crippen molar-refractivity contribution in [2.75, 3.05) is 0 Å². The van der Waals surface area contributed by atoms with Crippen LogP contribution in [-0.4, -0.2) is 15.7 Å². The molecule has 1 heterocycles. The first-order chi connectivity index (χ1) is 6.15. The Morgan fingerprint density at radius 1 is 1.69 bits per heavy atom. The average Bonchev–Trinajstić information content (AvgIpc) is 2.43. The zero-order valence-corrected chi connectivity index (χ0v) is 8.29. The monoisotopic (exact) mass is 181 g/mol. The zero-order valence-electron chi connectivity index (χ0n) is 8.29. The van der Waals surface area contributed by atoms with E-state index in [0.717, 1.165) is 11.3 Å². The molecule has 1 aromatic rings. The molecule has 0 fully saturated rings. The molecule has 1 rings (SSSR count). The highest BCUT2D eigenvalue weighted by Crippen LogP contribution is 2.04. The average molecular weight is 181 g/mol. The first-order valence-electron chi connectivity index (χ1n) is 4.39. The lowest BCUT2D eigenvalue weighted by Gasteiger charge is -2.04. The van der Waals surface area contributed by atoms with Gasteiger partial charge in [0, 0.05) is 13.5 Å². The quantitative estimate of drug-likeness (QED) is 0.748. The summed E-state index contributed by atoms with van der Waals surface area (Å²) in [5.74, 6) is 0.0700. The molecule has 0 bridgehead atoms. The van der Waals surface area contributed by atoms with Crippen LogP contribution in [0.5, 0.6) is 0 Å². The Labute approximate surface area is 77.9 Å². The molecule has 0 aliphatic rings. The van der Waals surface area contributed by atoms with Gasteiger partial charge >= 0.3 is 0 Å². The summed E-state index contributed by atoms with van der Waals surface area (Å²) in [4.78, 5) is 11.0. The zero-order chi connectivity index (χ0) is 9.84. The second-order valence-electron chi connectivity index (χ2n) is 3.03. The molecule has 0 spiro atoms. The van der Waals surface area contributed by atoms with E-state index in [1.165, 1.54) is 0 Å². The van der Waals surface area contributed by atoms with E-state index < -0.39 is 0 Å². The second kappa shape index (κ2) is 4.07. The third-order valence-electron chi connectivity index (χ3n) is 2.04. The van der Waals surface area contributed by atoms with Gasteiger partial charge < -0.3 is 5.32 Å².